The Hall–Kier alpha value is -0.874. The molecule has 0 aliphatic carbocycles. The van der Waals surface area contributed by atoms with Crippen LogP contribution in [0.5, 0.6) is 11.5 Å². The Balaban J connectivity index is 2.28. The van der Waals surface area contributed by atoms with Crippen LogP contribution in [0.3, 0.4) is 0 Å². The molecule has 0 amide bonds. The maximum atomic E-state index is 5.12. The van der Waals surface area contributed by atoms with Crippen LogP contribution in [-0.4, -0.2) is 33.7 Å². The van der Waals surface area contributed by atoms with Gasteiger partial charge >= 0.3 is 112 Å². The summed E-state index contributed by atoms with van der Waals surface area (Å²) >= 11 is 3.34. The normalized spacial score (nSPS) is 9.88. The van der Waals surface area contributed by atoms with Crippen molar-refractivity contribution < 1.29 is 7.53 Å². The first-order valence-corrected chi connectivity index (χ1v) is 6.42. The van der Waals surface area contributed by atoms with E-state index in [1.165, 1.54) is 11.1 Å². The molecule has 6 radical (unpaired) electrons. The summed E-state index contributed by atoms with van der Waals surface area (Å²) in [6.07, 6.45) is 0. The fourth-order valence-electron chi connectivity index (χ4n) is 1.43. The molecule has 2 aromatic carbocycles. The van der Waals surface area contributed by atoms with Crippen molar-refractivity contribution in [3.05, 3.63) is 48.5 Å². The second-order valence-corrected chi connectivity index (χ2v) is 4.11. The second-order valence-electron chi connectivity index (χ2n) is 3.25. The minimum absolute atomic E-state index is 0.872. The van der Waals surface area contributed by atoms with Crippen LogP contribution in [0.15, 0.2) is 48.5 Å². The number of hydrogen-bond donors (Lipinski definition) is 0. The fraction of sp³-hybridized carbons (Fsp3) is 0. The summed E-state index contributed by atoms with van der Waals surface area (Å²) in [6.45, 7) is 0. The molecule has 0 aliphatic rings. The van der Waals surface area contributed by atoms with Gasteiger partial charge in [0.2, 0.25) is 0 Å². The van der Waals surface area contributed by atoms with E-state index in [-0.39, 0.29) is 0 Å². The van der Waals surface area contributed by atoms with E-state index in [1.807, 2.05) is 48.5 Å². The zero-order valence-electron chi connectivity index (χ0n) is 8.44. The summed E-state index contributed by atoms with van der Waals surface area (Å²) in [7, 11) is 0. The van der Waals surface area contributed by atoms with Crippen LogP contribution in [0.2, 0.25) is 0 Å². The summed E-state index contributed by atoms with van der Waals surface area (Å²) < 4.78 is 10.2. The predicted molar refractivity (Wildman–Crippen MR) is 64.6 cm³/mol. The molecule has 0 N–H and O–H groups in total. The third kappa shape index (κ3) is 2.62. The standard InChI is InChI=1S/C12H8Ge2O2/c13-15-11-5-1-9(2-6-11)10-3-7-12(16-14)8-4-10/h1-8H. The van der Waals surface area contributed by atoms with Crippen molar-refractivity contribution in [2.24, 2.45) is 0 Å². The van der Waals surface area contributed by atoms with Gasteiger partial charge < -0.3 is 0 Å². The van der Waals surface area contributed by atoms with Crippen molar-refractivity contribution in [2.45, 2.75) is 0 Å². The first-order valence-electron chi connectivity index (χ1n) is 4.71. The fourth-order valence-corrected chi connectivity index (χ4v) is 2.00. The van der Waals surface area contributed by atoms with Crippen LogP contribution < -0.4 is 7.53 Å². The molecule has 0 saturated heterocycles. The quantitative estimate of drug-likeness (QED) is 0.805. The third-order valence-electron chi connectivity index (χ3n) is 2.28. The number of rotatable bonds is 3. The summed E-state index contributed by atoms with van der Waals surface area (Å²) in [5.74, 6) is 1.74. The molecule has 0 unspecified atom stereocenters. The van der Waals surface area contributed by atoms with E-state index < -0.39 is 0 Å². The van der Waals surface area contributed by atoms with Crippen molar-refractivity contribution >= 4 is 33.7 Å². The Kier molecular flexibility index (Phi) is 3.96. The molecule has 76 valence electrons. The van der Waals surface area contributed by atoms with Gasteiger partial charge in [-0.15, -0.1) is 0 Å². The molecular formula is C12H8Ge2O2. The van der Waals surface area contributed by atoms with Crippen LogP contribution in [0.4, 0.5) is 0 Å². The summed E-state index contributed by atoms with van der Waals surface area (Å²) in [6, 6.07) is 16.0. The molecule has 0 aromatic heterocycles. The van der Waals surface area contributed by atoms with Crippen molar-refractivity contribution in [1.82, 2.24) is 0 Å². The Morgan fingerprint density at radius 2 is 0.875 bits per heavy atom. The van der Waals surface area contributed by atoms with Gasteiger partial charge in [-0.2, -0.15) is 0 Å². The molecule has 0 atom stereocenters. The molecule has 16 heavy (non-hydrogen) atoms. The van der Waals surface area contributed by atoms with Gasteiger partial charge in [-0.1, -0.05) is 0 Å². The molecule has 0 spiro atoms. The van der Waals surface area contributed by atoms with Crippen LogP contribution in [0, 0.1) is 0 Å². The van der Waals surface area contributed by atoms with Crippen LogP contribution in [-0.2, 0) is 0 Å². The van der Waals surface area contributed by atoms with E-state index >= 15 is 0 Å². The summed E-state index contributed by atoms with van der Waals surface area (Å²) in [5, 5.41) is 0. The Labute approximate surface area is 112 Å². The van der Waals surface area contributed by atoms with Crippen molar-refractivity contribution in [2.75, 3.05) is 0 Å². The van der Waals surface area contributed by atoms with Gasteiger partial charge in [0.1, 0.15) is 0 Å². The van der Waals surface area contributed by atoms with Gasteiger partial charge in [-0.25, -0.2) is 0 Å². The van der Waals surface area contributed by atoms with E-state index in [0.717, 1.165) is 11.5 Å². The van der Waals surface area contributed by atoms with E-state index in [9.17, 15) is 0 Å². The van der Waals surface area contributed by atoms with Crippen LogP contribution in [0.25, 0.3) is 11.1 Å². The molecule has 2 nitrogen and oxygen atoms in total. The van der Waals surface area contributed by atoms with E-state index in [4.69, 9.17) is 7.53 Å². The Morgan fingerprint density at radius 1 is 0.562 bits per heavy atom. The van der Waals surface area contributed by atoms with Crippen LogP contribution >= 0.6 is 0 Å². The van der Waals surface area contributed by atoms with E-state index in [0.29, 0.717) is 0 Å². The third-order valence-corrected chi connectivity index (χ3v) is 3.27. The van der Waals surface area contributed by atoms with Gasteiger partial charge in [0.25, 0.3) is 0 Å². The van der Waals surface area contributed by atoms with Crippen molar-refractivity contribution in [3.63, 3.8) is 0 Å². The zero-order chi connectivity index (χ0) is 11.4. The topological polar surface area (TPSA) is 18.5 Å². The van der Waals surface area contributed by atoms with Crippen molar-refractivity contribution in [3.8, 4) is 22.6 Å². The molecule has 0 heterocycles. The molecule has 4 heteroatoms. The Morgan fingerprint density at radius 3 is 1.12 bits per heavy atom. The van der Waals surface area contributed by atoms with Gasteiger partial charge in [0, 0.05) is 0 Å². The number of benzene rings is 2. The molecule has 2 rings (SSSR count). The molecule has 0 saturated carbocycles. The summed E-state index contributed by atoms with van der Waals surface area (Å²) in [5.41, 5.74) is 2.34. The van der Waals surface area contributed by atoms with Gasteiger partial charge in [-0.05, 0) is 0 Å². The first-order chi connectivity index (χ1) is 7.83. The van der Waals surface area contributed by atoms with E-state index in [2.05, 4.69) is 0 Å². The zero-order valence-corrected chi connectivity index (χ0v) is 12.6. The average molecular weight is 329 g/mol. The van der Waals surface area contributed by atoms with Gasteiger partial charge in [0.05, 0.1) is 0 Å². The van der Waals surface area contributed by atoms with Gasteiger partial charge in [-0.3, -0.25) is 0 Å². The van der Waals surface area contributed by atoms with Crippen LogP contribution in [0.1, 0.15) is 0 Å². The maximum absolute atomic E-state index is 5.12. The molecule has 0 bridgehead atoms. The Bertz CT molecular complexity index is 406. The second kappa shape index (κ2) is 5.45. The van der Waals surface area contributed by atoms with Gasteiger partial charge in [0.15, 0.2) is 0 Å². The monoisotopic (exact) mass is 332 g/mol. The van der Waals surface area contributed by atoms with E-state index in [1.54, 1.807) is 33.7 Å². The average Bonchev–Trinajstić information content (AvgIpc) is 2.39. The summed E-state index contributed by atoms with van der Waals surface area (Å²) in [4.78, 5) is 0. The minimum atomic E-state index is 0.872. The SMILES string of the molecule is [Ge][O]c1ccc(-c2ccc([O][Ge])cc2)cc1. The molecule has 2 aromatic rings. The predicted octanol–water partition coefficient (Wildman–Crippen LogP) is 2.28. The molecular weight excluding hydrogens is 321 g/mol. The first kappa shape index (κ1) is 11.6. The molecule has 0 fully saturated rings. The number of hydrogen-bond acceptors (Lipinski definition) is 2. The molecule has 0 aliphatic heterocycles. The van der Waals surface area contributed by atoms with Crippen molar-refractivity contribution in [1.29, 1.82) is 0 Å².